The summed E-state index contributed by atoms with van der Waals surface area (Å²) in [5, 5.41) is 6.80. The number of halogens is 1. The van der Waals surface area contributed by atoms with Gasteiger partial charge in [-0.25, -0.2) is 4.98 Å². The minimum Gasteiger partial charge on any atom is -0.370 e. The van der Waals surface area contributed by atoms with Crippen molar-refractivity contribution in [1.29, 1.82) is 0 Å². The summed E-state index contributed by atoms with van der Waals surface area (Å²) in [6.07, 6.45) is 4.01. The molecule has 2 N–H and O–H groups in total. The van der Waals surface area contributed by atoms with Gasteiger partial charge in [-0.3, -0.25) is 4.99 Å². The van der Waals surface area contributed by atoms with Crippen LogP contribution in [0.2, 0.25) is 0 Å². The van der Waals surface area contributed by atoms with Crippen LogP contribution in [0, 0.1) is 6.92 Å². The van der Waals surface area contributed by atoms with E-state index in [1.54, 1.807) is 0 Å². The summed E-state index contributed by atoms with van der Waals surface area (Å²) in [7, 11) is 0. The third-order valence-electron chi connectivity index (χ3n) is 5.05. The molecule has 1 unspecified atom stereocenters. The maximum absolute atomic E-state index is 6.06. The third kappa shape index (κ3) is 7.43. The quantitative estimate of drug-likeness (QED) is 0.235. The van der Waals surface area contributed by atoms with Crippen molar-refractivity contribution in [2.75, 3.05) is 44.6 Å². The second-order valence-corrected chi connectivity index (χ2v) is 7.25. The smallest absolute Gasteiger partial charge is 0.194 e. The molecule has 6 nitrogen and oxygen atoms in total. The number of aliphatic imine (C=N–C) groups is 1. The highest BCUT2D eigenvalue weighted by Gasteiger charge is 2.25. The Morgan fingerprint density at radius 2 is 2.03 bits per heavy atom. The average Bonchev–Trinajstić information content (AvgIpc) is 2.76. The lowest BCUT2D eigenvalue weighted by molar-refractivity contribution is -0.00832. The third-order valence-corrected chi connectivity index (χ3v) is 5.05. The van der Waals surface area contributed by atoms with E-state index in [2.05, 4.69) is 58.6 Å². The molecule has 1 fully saturated rings. The summed E-state index contributed by atoms with van der Waals surface area (Å²) in [4.78, 5) is 11.5. The molecule has 3 rings (SSSR count). The molecule has 0 aliphatic carbocycles. The van der Waals surface area contributed by atoms with E-state index >= 15 is 0 Å². The Morgan fingerprint density at radius 1 is 1.20 bits per heavy atom. The van der Waals surface area contributed by atoms with Crippen molar-refractivity contribution in [2.45, 2.75) is 32.8 Å². The SMILES string of the molecule is CCNC(=NCCCCNc1ccccn1)N1CCOC(c2ccccc2C)C1.I. The van der Waals surface area contributed by atoms with Crippen molar-refractivity contribution >= 4 is 35.8 Å². The molecule has 1 aliphatic rings. The first-order valence-corrected chi connectivity index (χ1v) is 10.6. The molecule has 2 heterocycles. The summed E-state index contributed by atoms with van der Waals surface area (Å²) in [6, 6.07) is 14.4. The Morgan fingerprint density at radius 3 is 2.80 bits per heavy atom. The fourth-order valence-electron chi connectivity index (χ4n) is 3.51. The zero-order valence-electron chi connectivity index (χ0n) is 18.0. The highest BCUT2D eigenvalue weighted by atomic mass is 127. The van der Waals surface area contributed by atoms with Crippen molar-refractivity contribution in [1.82, 2.24) is 15.2 Å². The zero-order valence-corrected chi connectivity index (χ0v) is 20.3. The van der Waals surface area contributed by atoms with Gasteiger partial charge in [-0.1, -0.05) is 30.3 Å². The van der Waals surface area contributed by atoms with Gasteiger partial charge in [-0.15, -0.1) is 24.0 Å². The number of pyridine rings is 1. The molecule has 1 aromatic heterocycles. The number of anilines is 1. The van der Waals surface area contributed by atoms with Gasteiger partial charge in [0.1, 0.15) is 11.9 Å². The summed E-state index contributed by atoms with van der Waals surface area (Å²) >= 11 is 0. The van der Waals surface area contributed by atoms with E-state index in [0.29, 0.717) is 0 Å². The Balaban J connectivity index is 0.00000320. The Hall–Kier alpha value is -1.87. The highest BCUT2D eigenvalue weighted by Crippen LogP contribution is 2.25. The van der Waals surface area contributed by atoms with Crippen LogP contribution >= 0.6 is 24.0 Å². The van der Waals surface area contributed by atoms with E-state index in [1.807, 2.05) is 24.4 Å². The molecule has 1 saturated heterocycles. The number of aryl methyl sites for hydroxylation is 1. The molecule has 30 heavy (non-hydrogen) atoms. The fraction of sp³-hybridized carbons (Fsp3) is 0.478. The largest absolute Gasteiger partial charge is 0.370 e. The lowest BCUT2D eigenvalue weighted by Crippen LogP contribution is -2.48. The number of benzene rings is 1. The van der Waals surface area contributed by atoms with Crippen molar-refractivity contribution in [3.05, 3.63) is 59.8 Å². The van der Waals surface area contributed by atoms with E-state index in [1.165, 1.54) is 11.1 Å². The van der Waals surface area contributed by atoms with Gasteiger partial charge in [0.2, 0.25) is 0 Å². The first-order valence-electron chi connectivity index (χ1n) is 10.6. The lowest BCUT2D eigenvalue weighted by atomic mass is 10.0. The van der Waals surface area contributed by atoms with Gasteiger partial charge in [0.25, 0.3) is 0 Å². The van der Waals surface area contributed by atoms with Gasteiger partial charge in [0.15, 0.2) is 5.96 Å². The Kier molecular flexibility index (Phi) is 10.9. The summed E-state index contributed by atoms with van der Waals surface area (Å²) in [5.41, 5.74) is 2.55. The van der Waals surface area contributed by atoms with Crippen molar-refractivity contribution in [2.24, 2.45) is 4.99 Å². The molecule has 1 atom stereocenters. The molecular weight excluding hydrogens is 489 g/mol. The van der Waals surface area contributed by atoms with E-state index in [0.717, 1.165) is 63.9 Å². The number of rotatable bonds is 8. The molecular formula is C23H34IN5O. The molecule has 7 heteroatoms. The van der Waals surface area contributed by atoms with Gasteiger partial charge >= 0.3 is 0 Å². The van der Waals surface area contributed by atoms with Crippen molar-refractivity contribution < 1.29 is 4.74 Å². The number of hydrogen-bond donors (Lipinski definition) is 2. The minimum absolute atomic E-state index is 0. The van der Waals surface area contributed by atoms with Crippen LogP contribution in [-0.4, -0.2) is 55.2 Å². The van der Waals surface area contributed by atoms with Crippen LogP contribution in [0.4, 0.5) is 5.82 Å². The maximum atomic E-state index is 6.06. The average molecular weight is 523 g/mol. The molecule has 0 amide bonds. The predicted molar refractivity (Wildman–Crippen MR) is 135 cm³/mol. The van der Waals surface area contributed by atoms with Gasteiger partial charge in [0, 0.05) is 32.4 Å². The molecule has 164 valence electrons. The fourth-order valence-corrected chi connectivity index (χ4v) is 3.51. The molecule has 1 aromatic carbocycles. The number of aromatic nitrogens is 1. The van der Waals surface area contributed by atoms with Gasteiger partial charge in [-0.05, 0) is 49.9 Å². The van der Waals surface area contributed by atoms with E-state index < -0.39 is 0 Å². The Bertz CT molecular complexity index is 771. The summed E-state index contributed by atoms with van der Waals surface area (Å²) < 4.78 is 6.06. The highest BCUT2D eigenvalue weighted by molar-refractivity contribution is 14.0. The van der Waals surface area contributed by atoms with Crippen molar-refractivity contribution in [3.63, 3.8) is 0 Å². The van der Waals surface area contributed by atoms with Gasteiger partial charge in [0.05, 0.1) is 13.2 Å². The number of nitrogens with zero attached hydrogens (tertiary/aromatic N) is 3. The molecule has 2 aromatic rings. The number of ether oxygens (including phenoxy) is 1. The van der Waals surface area contributed by atoms with Crippen LogP contribution < -0.4 is 10.6 Å². The molecule has 1 aliphatic heterocycles. The molecule has 0 saturated carbocycles. The lowest BCUT2D eigenvalue weighted by Gasteiger charge is -2.35. The van der Waals surface area contributed by atoms with Crippen LogP contribution in [0.5, 0.6) is 0 Å². The first kappa shape index (κ1) is 24.4. The van der Waals surface area contributed by atoms with Crippen molar-refractivity contribution in [3.8, 4) is 0 Å². The zero-order chi connectivity index (χ0) is 20.3. The summed E-state index contributed by atoms with van der Waals surface area (Å²) in [6.45, 7) is 9.29. The standard InChI is InChI=1S/C23H33N5O.HI/c1-3-24-23(27-15-9-8-14-26-22-12-6-7-13-25-22)28-16-17-29-21(18-28)20-11-5-4-10-19(20)2;/h4-7,10-13,21H,3,8-9,14-18H2,1-2H3,(H,24,27)(H,25,26);1H. The number of guanidine groups is 1. The van der Waals surface area contributed by atoms with Crippen LogP contribution in [0.25, 0.3) is 0 Å². The maximum Gasteiger partial charge on any atom is 0.194 e. The van der Waals surface area contributed by atoms with E-state index in [9.17, 15) is 0 Å². The summed E-state index contributed by atoms with van der Waals surface area (Å²) in [5.74, 6) is 1.92. The van der Waals surface area contributed by atoms with Crippen LogP contribution in [-0.2, 0) is 4.74 Å². The van der Waals surface area contributed by atoms with Gasteiger partial charge < -0.3 is 20.3 Å². The van der Waals surface area contributed by atoms with E-state index in [-0.39, 0.29) is 30.1 Å². The number of nitrogens with one attached hydrogen (secondary N) is 2. The van der Waals surface area contributed by atoms with Gasteiger partial charge in [-0.2, -0.15) is 0 Å². The monoisotopic (exact) mass is 523 g/mol. The second-order valence-electron chi connectivity index (χ2n) is 7.25. The molecule has 0 spiro atoms. The second kappa shape index (κ2) is 13.4. The van der Waals surface area contributed by atoms with Crippen LogP contribution in [0.15, 0.2) is 53.7 Å². The normalized spacial score (nSPS) is 16.7. The number of morpholine rings is 1. The molecule has 0 bridgehead atoms. The molecule has 0 radical (unpaired) electrons. The number of hydrogen-bond acceptors (Lipinski definition) is 4. The van der Waals surface area contributed by atoms with Crippen LogP contribution in [0.1, 0.15) is 37.0 Å². The van der Waals surface area contributed by atoms with Crippen LogP contribution in [0.3, 0.4) is 0 Å². The van der Waals surface area contributed by atoms with E-state index in [4.69, 9.17) is 9.73 Å². The predicted octanol–water partition coefficient (Wildman–Crippen LogP) is 4.24. The number of unbranched alkanes of at least 4 members (excludes halogenated alkanes) is 1. The Labute approximate surface area is 197 Å². The topological polar surface area (TPSA) is 61.8 Å². The first-order chi connectivity index (χ1) is 14.3. The minimum atomic E-state index is 0.